The number of Topliss-reactive ketones (excluding diaryl/α,β-unsaturated/α-hetero) is 2. The molecule has 3 aromatic rings. The van der Waals surface area contributed by atoms with Gasteiger partial charge in [0.2, 0.25) is 11.6 Å². The van der Waals surface area contributed by atoms with Crippen LogP contribution in [0.15, 0.2) is 36.5 Å². The molecule has 0 saturated carbocycles. The summed E-state index contributed by atoms with van der Waals surface area (Å²) in [5, 5.41) is 12.6. The smallest absolute Gasteiger partial charge is 0.269 e. The van der Waals surface area contributed by atoms with E-state index in [2.05, 4.69) is 37.7 Å². The van der Waals surface area contributed by atoms with Gasteiger partial charge in [-0.25, -0.2) is 0 Å². The molecule has 140 valence electrons. The van der Waals surface area contributed by atoms with Gasteiger partial charge in [-0.2, -0.15) is 5.21 Å². The molecule has 2 aromatic heterocycles. The largest absolute Gasteiger partial charge is 0.399 e. The number of nitrogen functional groups attached to an aromatic ring is 1. The number of hydrogen-bond donors (Lipinski definition) is 3. The molecule has 0 radical (unpaired) electrons. The number of nitrogens with two attached hydrogens (primary N) is 1. The van der Waals surface area contributed by atoms with Crippen molar-refractivity contribution < 1.29 is 9.59 Å². The Balaban J connectivity index is 1.44. The minimum atomic E-state index is -0.729. The lowest BCUT2D eigenvalue weighted by Gasteiger charge is -2.05. The zero-order valence-electron chi connectivity index (χ0n) is 14.9. The molecule has 0 fully saturated rings. The second-order valence-electron chi connectivity index (χ2n) is 6.45. The van der Waals surface area contributed by atoms with E-state index < -0.39 is 11.6 Å². The van der Waals surface area contributed by atoms with Gasteiger partial charge >= 0.3 is 0 Å². The minimum Gasteiger partial charge on any atom is -0.399 e. The third kappa shape index (κ3) is 5.10. The fourth-order valence-corrected chi connectivity index (χ4v) is 2.96. The molecular weight excluding hydrogens is 344 g/mol. The zero-order chi connectivity index (χ0) is 19.1. The van der Waals surface area contributed by atoms with Crippen LogP contribution in [0, 0.1) is 0 Å². The molecule has 0 saturated heterocycles. The number of nitrogens with one attached hydrogen (secondary N) is 2. The lowest BCUT2D eigenvalue weighted by atomic mass is 10.0. The van der Waals surface area contributed by atoms with E-state index in [9.17, 15) is 9.59 Å². The second kappa shape index (κ2) is 8.88. The van der Waals surface area contributed by atoms with Crippen LogP contribution in [0.1, 0.15) is 46.7 Å². The number of nitrogens with zero attached hydrogens (tertiary/aromatic N) is 3. The third-order valence-electron chi connectivity index (χ3n) is 4.46. The summed E-state index contributed by atoms with van der Waals surface area (Å²) in [6, 6.07) is 9.93. The molecule has 8 nitrogen and oxygen atoms in total. The summed E-state index contributed by atoms with van der Waals surface area (Å²) in [6.07, 6.45) is 6.91. The van der Waals surface area contributed by atoms with Crippen molar-refractivity contribution in [2.45, 2.75) is 38.5 Å². The van der Waals surface area contributed by atoms with Crippen molar-refractivity contribution in [1.29, 1.82) is 0 Å². The molecule has 1 aromatic carbocycles. The monoisotopic (exact) mass is 366 g/mol. The van der Waals surface area contributed by atoms with Crippen LogP contribution >= 0.6 is 0 Å². The highest BCUT2D eigenvalue weighted by Gasteiger charge is 2.22. The highest BCUT2D eigenvalue weighted by atomic mass is 16.2. The van der Waals surface area contributed by atoms with Crippen LogP contribution in [0.3, 0.4) is 0 Å². The number of hydrogen-bond acceptors (Lipinski definition) is 6. The van der Waals surface area contributed by atoms with E-state index in [1.165, 1.54) is 5.56 Å². The van der Waals surface area contributed by atoms with Gasteiger partial charge in [-0.05, 0) is 60.2 Å². The molecule has 0 aliphatic rings. The van der Waals surface area contributed by atoms with Gasteiger partial charge in [0, 0.05) is 17.6 Å². The number of tetrazole rings is 1. The number of anilines is 1. The van der Waals surface area contributed by atoms with E-state index in [1.54, 1.807) is 6.20 Å². The Morgan fingerprint density at radius 1 is 1.00 bits per heavy atom. The molecule has 0 spiro atoms. The van der Waals surface area contributed by atoms with E-state index in [4.69, 9.17) is 5.73 Å². The van der Waals surface area contributed by atoms with Crippen molar-refractivity contribution in [2.75, 3.05) is 5.73 Å². The van der Waals surface area contributed by atoms with Gasteiger partial charge in [0.05, 0.1) is 6.42 Å². The SMILES string of the molecule is Nc1ccc(CCCCCc2cc[nH]c2CC(=O)C(=O)c2nn[nH]n2)cc1. The quantitative estimate of drug-likeness (QED) is 0.218. The maximum absolute atomic E-state index is 12.1. The van der Waals surface area contributed by atoms with Gasteiger partial charge in [0.15, 0.2) is 0 Å². The predicted octanol–water partition coefficient (Wildman–Crippen LogP) is 2.06. The van der Waals surface area contributed by atoms with Crippen molar-refractivity contribution in [3.8, 4) is 0 Å². The maximum Gasteiger partial charge on any atom is 0.269 e. The van der Waals surface area contributed by atoms with E-state index in [1.807, 2.05) is 18.2 Å². The summed E-state index contributed by atoms with van der Waals surface area (Å²) in [5.41, 5.74) is 9.60. The fourth-order valence-electron chi connectivity index (χ4n) is 2.96. The molecule has 0 amide bonds. The van der Waals surface area contributed by atoms with Crippen LogP contribution in [0.2, 0.25) is 0 Å². The molecule has 0 aliphatic heterocycles. The Hall–Kier alpha value is -3.29. The highest BCUT2D eigenvalue weighted by molar-refractivity contribution is 6.43. The third-order valence-corrected chi connectivity index (χ3v) is 4.46. The number of ketones is 2. The normalized spacial score (nSPS) is 10.8. The van der Waals surface area contributed by atoms with Crippen LogP contribution < -0.4 is 5.73 Å². The van der Waals surface area contributed by atoms with Crippen LogP contribution in [0.25, 0.3) is 0 Å². The standard InChI is InChI=1S/C19H22N6O2/c20-15-8-6-13(7-9-15)4-2-1-3-5-14-10-11-21-16(14)12-17(26)18(27)19-22-24-25-23-19/h6-11,21H,1-5,12,20H2,(H,22,23,24,25). The van der Waals surface area contributed by atoms with E-state index >= 15 is 0 Å². The summed E-state index contributed by atoms with van der Waals surface area (Å²) in [7, 11) is 0. The predicted molar refractivity (Wildman–Crippen MR) is 100 cm³/mol. The van der Waals surface area contributed by atoms with Crippen molar-refractivity contribution >= 4 is 17.3 Å². The maximum atomic E-state index is 12.1. The van der Waals surface area contributed by atoms with Crippen LogP contribution in [-0.4, -0.2) is 37.2 Å². The van der Waals surface area contributed by atoms with Crippen LogP contribution in [-0.2, 0) is 24.1 Å². The van der Waals surface area contributed by atoms with Crippen molar-refractivity contribution in [1.82, 2.24) is 25.6 Å². The number of unbranched alkanes of at least 4 members (excludes halogenated alkanes) is 2. The number of H-pyrrole nitrogens is 2. The molecule has 27 heavy (non-hydrogen) atoms. The molecule has 8 heteroatoms. The first-order valence-electron chi connectivity index (χ1n) is 8.94. The first-order chi connectivity index (χ1) is 13.1. The topological polar surface area (TPSA) is 130 Å². The Kier molecular flexibility index (Phi) is 6.09. The molecule has 0 atom stereocenters. The van der Waals surface area contributed by atoms with E-state index in [0.29, 0.717) is 0 Å². The van der Waals surface area contributed by atoms with Gasteiger partial charge in [-0.1, -0.05) is 18.6 Å². The number of aryl methyl sites for hydroxylation is 2. The lowest BCUT2D eigenvalue weighted by molar-refractivity contribution is -0.114. The summed E-state index contributed by atoms with van der Waals surface area (Å²) < 4.78 is 0. The minimum absolute atomic E-state index is 0.0150. The summed E-state index contributed by atoms with van der Waals surface area (Å²) in [4.78, 5) is 27.1. The Morgan fingerprint density at radius 2 is 1.78 bits per heavy atom. The van der Waals surface area contributed by atoms with Gasteiger partial charge in [0.25, 0.3) is 5.78 Å². The average molecular weight is 366 g/mol. The molecule has 0 bridgehead atoms. The molecule has 4 N–H and O–H groups in total. The van der Waals surface area contributed by atoms with E-state index in [-0.39, 0.29) is 12.2 Å². The highest BCUT2D eigenvalue weighted by Crippen LogP contribution is 2.15. The first-order valence-corrected chi connectivity index (χ1v) is 8.94. The first kappa shape index (κ1) is 18.5. The number of carbonyl (C=O) groups is 2. The van der Waals surface area contributed by atoms with Crippen molar-refractivity contribution in [3.63, 3.8) is 0 Å². The number of carbonyl (C=O) groups excluding carboxylic acids is 2. The van der Waals surface area contributed by atoms with E-state index in [0.717, 1.165) is 49.0 Å². The molecule has 0 unspecified atom stereocenters. The van der Waals surface area contributed by atoms with Gasteiger partial charge in [-0.15, -0.1) is 10.2 Å². The molecule has 3 rings (SSSR count). The van der Waals surface area contributed by atoms with Gasteiger partial charge < -0.3 is 10.7 Å². The number of benzene rings is 1. The van der Waals surface area contributed by atoms with Gasteiger partial charge in [0.1, 0.15) is 0 Å². The molecule has 2 heterocycles. The Bertz CT molecular complexity index is 883. The summed E-state index contributed by atoms with van der Waals surface area (Å²) >= 11 is 0. The van der Waals surface area contributed by atoms with Gasteiger partial charge in [-0.3, -0.25) is 9.59 Å². The second-order valence-corrected chi connectivity index (χ2v) is 6.45. The zero-order valence-corrected chi connectivity index (χ0v) is 14.9. The fraction of sp³-hybridized carbons (Fsp3) is 0.316. The Labute approximate surface area is 156 Å². The number of aromatic nitrogens is 5. The van der Waals surface area contributed by atoms with Crippen LogP contribution in [0.4, 0.5) is 5.69 Å². The van der Waals surface area contributed by atoms with Crippen LogP contribution in [0.5, 0.6) is 0 Å². The number of rotatable bonds is 10. The molecular formula is C19H22N6O2. The van der Waals surface area contributed by atoms with Crippen molar-refractivity contribution in [3.05, 3.63) is 59.2 Å². The summed E-state index contributed by atoms with van der Waals surface area (Å²) in [6.45, 7) is 0. The Morgan fingerprint density at radius 3 is 2.52 bits per heavy atom. The van der Waals surface area contributed by atoms with Crippen molar-refractivity contribution in [2.24, 2.45) is 0 Å². The molecule has 0 aliphatic carbocycles. The lowest BCUT2D eigenvalue weighted by Crippen LogP contribution is -2.19. The summed E-state index contributed by atoms with van der Waals surface area (Å²) in [5.74, 6) is -1.48. The average Bonchev–Trinajstić information content (AvgIpc) is 3.35. The number of aromatic amines is 2.